The van der Waals surface area contributed by atoms with Crippen molar-refractivity contribution in [3.05, 3.63) is 23.8 Å². The number of fused-ring (bicyclic) bond motifs is 2. The Balaban J connectivity index is 2.29. The molecule has 0 aromatic heterocycles. The largest absolute Gasteiger partial charge is 0.461 e. The second-order valence-electron chi connectivity index (χ2n) is 9.10. The van der Waals surface area contributed by atoms with Crippen LogP contribution in [0.15, 0.2) is 23.8 Å². The van der Waals surface area contributed by atoms with Gasteiger partial charge in [-0.1, -0.05) is 26.5 Å². The number of hydrogen-bond acceptors (Lipinski definition) is 4. The summed E-state index contributed by atoms with van der Waals surface area (Å²) in [5, 5.41) is 21.5. The zero-order valence-electron chi connectivity index (χ0n) is 16.9. The van der Waals surface area contributed by atoms with E-state index in [1.807, 2.05) is 6.92 Å². The summed E-state index contributed by atoms with van der Waals surface area (Å²) in [6, 6.07) is 0. The number of carbonyl (C=O) groups is 1. The molecule has 4 heteroatoms. The molecular formula is C22H36O4. The molecule has 4 nitrogen and oxygen atoms in total. The number of allylic oxidation sites excluding steroid dienone is 1. The molecule has 1 fully saturated rings. The van der Waals surface area contributed by atoms with E-state index in [1.54, 1.807) is 0 Å². The van der Waals surface area contributed by atoms with Crippen molar-refractivity contribution in [3.8, 4) is 0 Å². The van der Waals surface area contributed by atoms with Crippen LogP contribution in [0.4, 0.5) is 0 Å². The minimum atomic E-state index is -0.681. The van der Waals surface area contributed by atoms with E-state index in [0.29, 0.717) is 25.4 Å². The number of aliphatic hydroxyl groups is 2. The van der Waals surface area contributed by atoms with Gasteiger partial charge < -0.3 is 14.9 Å². The van der Waals surface area contributed by atoms with Crippen LogP contribution in [0.2, 0.25) is 0 Å². The first kappa shape index (κ1) is 21.2. The monoisotopic (exact) mass is 364 g/mol. The number of aliphatic hydroxyl groups excluding tert-OH is 1. The van der Waals surface area contributed by atoms with E-state index >= 15 is 0 Å². The van der Waals surface area contributed by atoms with Crippen LogP contribution in [0.5, 0.6) is 0 Å². The lowest BCUT2D eigenvalue weighted by Crippen LogP contribution is -2.51. The van der Waals surface area contributed by atoms with E-state index in [-0.39, 0.29) is 17.3 Å². The first-order valence-corrected chi connectivity index (χ1v) is 9.93. The molecule has 0 aliphatic heterocycles. The van der Waals surface area contributed by atoms with Crippen molar-refractivity contribution in [3.63, 3.8) is 0 Å². The molecule has 0 spiro atoms. The van der Waals surface area contributed by atoms with Crippen molar-refractivity contribution in [1.82, 2.24) is 0 Å². The smallest absolute Gasteiger partial charge is 0.302 e. The average Bonchev–Trinajstić information content (AvgIpc) is 2.53. The Morgan fingerprint density at radius 2 is 1.96 bits per heavy atom. The van der Waals surface area contributed by atoms with Crippen molar-refractivity contribution in [2.75, 3.05) is 6.61 Å². The number of rotatable bonds is 2. The maximum atomic E-state index is 11.2. The molecule has 0 amide bonds. The molecule has 2 rings (SSSR count). The van der Waals surface area contributed by atoms with Crippen LogP contribution in [0, 0.1) is 17.3 Å². The van der Waals surface area contributed by atoms with E-state index in [0.717, 1.165) is 43.3 Å². The van der Waals surface area contributed by atoms with Gasteiger partial charge in [-0.3, -0.25) is 4.79 Å². The maximum Gasteiger partial charge on any atom is 0.302 e. The maximum absolute atomic E-state index is 11.2. The van der Waals surface area contributed by atoms with Gasteiger partial charge in [0.05, 0.1) is 11.7 Å². The van der Waals surface area contributed by atoms with E-state index < -0.39 is 11.7 Å². The molecule has 0 unspecified atom stereocenters. The number of esters is 1. The third-order valence-corrected chi connectivity index (χ3v) is 6.82. The predicted molar refractivity (Wildman–Crippen MR) is 104 cm³/mol. The molecule has 4 atom stereocenters. The van der Waals surface area contributed by atoms with Crippen molar-refractivity contribution in [1.29, 1.82) is 0 Å². The van der Waals surface area contributed by atoms with E-state index in [2.05, 4.69) is 26.5 Å². The molecule has 2 aliphatic rings. The Morgan fingerprint density at radius 1 is 1.27 bits per heavy atom. The van der Waals surface area contributed by atoms with Gasteiger partial charge in [-0.25, -0.2) is 0 Å². The summed E-state index contributed by atoms with van der Waals surface area (Å²) in [5.41, 5.74) is 1.22. The lowest BCUT2D eigenvalue weighted by atomic mass is 9.54. The summed E-state index contributed by atoms with van der Waals surface area (Å²) in [7, 11) is 0. The summed E-state index contributed by atoms with van der Waals surface area (Å²) >= 11 is 0. The second kappa shape index (κ2) is 8.26. The molecule has 0 heterocycles. The molecule has 0 aromatic rings. The molecular weight excluding hydrogens is 328 g/mol. The molecule has 26 heavy (non-hydrogen) atoms. The van der Waals surface area contributed by atoms with Gasteiger partial charge in [-0.2, -0.15) is 0 Å². The van der Waals surface area contributed by atoms with Crippen LogP contribution >= 0.6 is 0 Å². The molecule has 1 saturated carbocycles. The van der Waals surface area contributed by atoms with Gasteiger partial charge >= 0.3 is 5.97 Å². The first-order chi connectivity index (χ1) is 12.0. The molecule has 148 valence electrons. The Morgan fingerprint density at radius 3 is 2.62 bits per heavy atom. The van der Waals surface area contributed by atoms with Gasteiger partial charge in [0, 0.05) is 6.92 Å². The average molecular weight is 365 g/mol. The minimum absolute atomic E-state index is 0.00474. The summed E-state index contributed by atoms with van der Waals surface area (Å²) in [5.74, 6) is 0.371. The SMILES string of the molecule is C=C1CC[C@H]2C(C)(C)[C@H](C/C=C(\COC(C)=O)CC[C@@H]1O)CC[C@]2(C)O. The van der Waals surface area contributed by atoms with Crippen molar-refractivity contribution in [2.45, 2.75) is 84.3 Å². The number of ether oxygens (including phenoxy) is 1. The Hall–Kier alpha value is -1.13. The van der Waals surface area contributed by atoms with Crippen LogP contribution < -0.4 is 0 Å². The lowest BCUT2D eigenvalue weighted by Gasteiger charge is -2.53. The molecule has 0 radical (unpaired) electrons. The second-order valence-corrected chi connectivity index (χ2v) is 9.10. The van der Waals surface area contributed by atoms with Crippen LogP contribution in [-0.2, 0) is 9.53 Å². The van der Waals surface area contributed by atoms with Gasteiger partial charge in [-0.15, -0.1) is 0 Å². The van der Waals surface area contributed by atoms with Crippen molar-refractivity contribution < 1.29 is 19.7 Å². The summed E-state index contributed by atoms with van der Waals surface area (Å²) in [6.45, 7) is 12.3. The normalized spacial score (nSPS) is 37.7. The quantitative estimate of drug-likeness (QED) is 0.570. The third kappa shape index (κ3) is 4.98. The fourth-order valence-corrected chi connectivity index (χ4v) is 4.96. The molecule has 0 saturated heterocycles. The highest BCUT2D eigenvalue weighted by Gasteiger charge is 2.49. The Labute approximate surface area is 158 Å². The van der Waals surface area contributed by atoms with Crippen LogP contribution in [0.25, 0.3) is 0 Å². The summed E-state index contributed by atoms with van der Waals surface area (Å²) < 4.78 is 5.21. The fraction of sp³-hybridized carbons (Fsp3) is 0.773. The van der Waals surface area contributed by atoms with Gasteiger partial charge in [0.1, 0.15) is 6.61 Å². The highest BCUT2D eigenvalue weighted by Crippen LogP contribution is 2.53. The third-order valence-electron chi connectivity index (χ3n) is 6.82. The zero-order chi connectivity index (χ0) is 19.5. The van der Waals surface area contributed by atoms with Gasteiger partial charge in [0.25, 0.3) is 0 Å². The fourth-order valence-electron chi connectivity index (χ4n) is 4.96. The van der Waals surface area contributed by atoms with Crippen LogP contribution in [0.3, 0.4) is 0 Å². The molecule has 0 aromatic carbocycles. The van der Waals surface area contributed by atoms with Gasteiger partial charge in [0.2, 0.25) is 0 Å². The molecule has 2 N–H and O–H groups in total. The minimum Gasteiger partial charge on any atom is -0.461 e. The van der Waals surface area contributed by atoms with E-state index in [4.69, 9.17) is 4.74 Å². The van der Waals surface area contributed by atoms with E-state index in [9.17, 15) is 15.0 Å². The van der Waals surface area contributed by atoms with Gasteiger partial charge in [0.15, 0.2) is 0 Å². The Bertz CT molecular complexity index is 558. The highest BCUT2D eigenvalue weighted by atomic mass is 16.5. The van der Waals surface area contributed by atoms with Crippen molar-refractivity contribution in [2.24, 2.45) is 17.3 Å². The lowest BCUT2D eigenvalue weighted by molar-refractivity contribution is -0.140. The first-order valence-electron chi connectivity index (χ1n) is 9.93. The summed E-state index contributed by atoms with van der Waals surface area (Å²) in [4.78, 5) is 11.2. The van der Waals surface area contributed by atoms with E-state index in [1.165, 1.54) is 6.92 Å². The molecule has 2 bridgehead atoms. The van der Waals surface area contributed by atoms with Crippen LogP contribution in [-0.4, -0.2) is 34.5 Å². The Kier molecular flexibility index (Phi) is 6.73. The predicted octanol–water partition coefficient (Wildman–Crippen LogP) is 4.16. The van der Waals surface area contributed by atoms with Gasteiger partial charge in [-0.05, 0) is 80.3 Å². The van der Waals surface area contributed by atoms with Crippen molar-refractivity contribution >= 4 is 5.97 Å². The number of hydrogen-bond donors (Lipinski definition) is 2. The van der Waals surface area contributed by atoms with Crippen LogP contribution in [0.1, 0.15) is 72.6 Å². The molecule has 2 aliphatic carbocycles. The zero-order valence-corrected chi connectivity index (χ0v) is 16.9. The summed E-state index contributed by atoms with van der Waals surface area (Å²) in [6.07, 6.45) is 7.27. The topological polar surface area (TPSA) is 66.8 Å². The highest BCUT2D eigenvalue weighted by molar-refractivity contribution is 5.66. The standard InChI is InChI=1S/C22H36O4/c1-15-6-11-20-21(3,4)18(12-13-22(20,5)25)9-7-17(8-10-19(15)24)14-26-16(2)23/h7,18-20,24-25H,1,6,8-14H2,2-5H3/b17-7-/t18-,19+,20+,22+/m1/s1. The number of carbonyl (C=O) groups excluding carboxylic acids is 1.